The van der Waals surface area contributed by atoms with E-state index in [1.54, 1.807) is 0 Å². The average molecular weight is 321 g/mol. The Kier molecular flexibility index (Phi) is 4.17. The van der Waals surface area contributed by atoms with Gasteiger partial charge >= 0.3 is 0 Å². The zero-order valence-electron chi connectivity index (χ0n) is 11.8. The Morgan fingerprint density at radius 2 is 2.19 bits per heavy atom. The first kappa shape index (κ1) is 14.4. The van der Waals surface area contributed by atoms with Gasteiger partial charge in [0.15, 0.2) is 0 Å². The number of amides is 1. The summed E-state index contributed by atoms with van der Waals surface area (Å²) in [5.74, 6) is 0.151. The molecule has 0 saturated carbocycles. The Hall–Kier alpha value is -1.52. The van der Waals surface area contributed by atoms with E-state index < -0.39 is 0 Å². The highest BCUT2D eigenvalue weighted by Crippen LogP contribution is 2.27. The van der Waals surface area contributed by atoms with E-state index in [0.29, 0.717) is 13.1 Å². The Morgan fingerprint density at radius 3 is 2.86 bits per heavy atom. The van der Waals surface area contributed by atoms with Crippen molar-refractivity contribution in [3.05, 3.63) is 51.2 Å². The molecule has 0 unspecified atom stereocenters. The maximum absolute atomic E-state index is 12.7. The number of likely N-dealkylation sites (N-methyl/N-ethyl adjacent to an activating group) is 1. The second-order valence-corrected chi connectivity index (χ2v) is 6.92. The van der Waals surface area contributed by atoms with Gasteiger partial charge in [-0.3, -0.25) is 4.79 Å². The van der Waals surface area contributed by atoms with Crippen LogP contribution < -0.4 is 5.32 Å². The molecule has 1 amide bonds. The molecule has 5 heteroatoms. The van der Waals surface area contributed by atoms with Gasteiger partial charge in [0.1, 0.15) is 6.04 Å². The van der Waals surface area contributed by atoms with Crippen molar-refractivity contribution in [2.24, 2.45) is 0 Å². The van der Waals surface area contributed by atoms with Crippen LogP contribution in [0.4, 0.5) is 5.69 Å². The topological polar surface area (TPSA) is 32.3 Å². The molecular weight excluding hydrogens is 304 g/mol. The Bertz CT molecular complexity index is 630. The first-order valence-electron chi connectivity index (χ1n) is 7.05. The summed E-state index contributed by atoms with van der Waals surface area (Å²) in [6.45, 7) is 3.33. The molecule has 0 saturated heterocycles. The highest BCUT2D eigenvalue weighted by molar-refractivity contribution is 7.16. The van der Waals surface area contributed by atoms with Crippen LogP contribution in [-0.2, 0) is 17.8 Å². The van der Waals surface area contributed by atoms with E-state index in [1.165, 1.54) is 16.9 Å². The summed E-state index contributed by atoms with van der Waals surface area (Å²) in [7, 11) is 0. The van der Waals surface area contributed by atoms with E-state index in [0.717, 1.165) is 21.3 Å². The summed E-state index contributed by atoms with van der Waals surface area (Å²) in [6.07, 6.45) is 0.761. The minimum atomic E-state index is -0.155. The van der Waals surface area contributed by atoms with Gasteiger partial charge in [0.05, 0.1) is 10.9 Å². The molecule has 1 aliphatic heterocycles. The minimum absolute atomic E-state index is 0.151. The largest absolute Gasteiger partial charge is 0.373 e. The molecule has 21 heavy (non-hydrogen) atoms. The third-order valence-electron chi connectivity index (χ3n) is 3.74. The molecule has 0 spiro atoms. The predicted molar refractivity (Wildman–Crippen MR) is 88.0 cm³/mol. The number of benzene rings is 1. The lowest BCUT2D eigenvalue weighted by molar-refractivity contribution is -0.132. The fourth-order valence-corrected chi connectivity index (χ4v) is 3.74. The molecule has 1 aromatic carbocycles. The van der Waals surface area contributed by atoms with Crippen LogP contribution in [0.3, 0.4) is 0 Å². The monoisotopic (exact) mass is 320 g/mol. The van der Waals surface area contributed by atoms with E-state index in [1.807, 2.05) is 42.2 Å². The number of nitrogens with zero attached hydrogens (tertiary/aromatic N) is 1. The Labute approximate surface area is 133 Å². The van der Waals surface area contributed by atoms with Crippen LogP contribution in [0.1, 0.15) is 17.4 Å². The quantitative estimate of drug-likeness (QED) is 0.929. The van der Waals surface area contributed by atoms with Gasteiger partial charge in [0, 0.05) is 23.5 Å². The lowest BCUT2D eigenvalue weighted by Gasteiger charge is -2.24. The number of carbonyl (C=O) groups is 1. The molecule has 0 bridgehead atoms. The van der Waals surface area contributed by atoms with Crippen LogP contribution >= 0.6 is 22.9 Å². The highest BCUT2D eigenvalue weighted by Gasteiger charge is 2.29. The molecule has 0 fully saturated rings. The number of fused-ring (bicyclic) bond motifs is 1. The second-order valence-electron chi connectivity index (χ2n) is 5.12. The van der Waals surface area contributed by atoms with Crippen LogP contribution in [0.15, 0.2) is 36.4 Å². The molecule has 1 aliphatic rings. The normalized spacial score (nSPS) is 16.4. The van der Waals surface area contributed by atoms with E-state index in [9.17, 15) is 4.79 Å². The first-order chi connectivity index (χ1) is 10.2. The summed E-state index contributed by atoms with van der Waals surface area (Å²) >= 11 is 7.49. The van der Waals surface area contributed by atoms with Crippen molar-refractivity contribution < 1.29 is 4.79 Å². The first-order valence-corrected chi connectivity index (χ1v) is 8.24. The molecule has 2 heterocycles. The molecule has 0 radical (unpaired) electrons. The second kappa shape index (κ2) is 6.08. The number of carbonyl (C=O) groups excluding carboxylic acids is 1. The van der Waals surface area contributed by atoms with Crippen LogP contribution in [0.25, 0.3) is 0 Å². The van der Waals surface area contributed by atoms with Gasteiger partial charge < -0.3 is 10.2 Å². The van der Waals surface area contributed by atoms with Crippen molar-refractivity contribution >= 4 is 34.5 Å². The Balaban J connectivity index is 1.69. The van der Waals surface area contributed by atoms with Crippen molar-refractivity contribution in [3.8, 4) is 0 Å². The molecular formula is C16H17ClN2OS. The van der Waals surface area contributed by atoms with Gasteiger partial charge in [-0.25, -0.2) is 0 Å². The molecule has 3 nitrogen and oxygen atoms in total. The van der Waals surface area contributed by atoms with E-state index in [4.69, 9.17) is 11.6 Å². The molecule has 1 aromatic heterocycles. The molecule has 110 valence electrons. The van der Waals surface area contributed by atoms with Crippen molar-refractivity contribution in [2.45, 2.75) is 25.9 Å². The third kappa shape index (κ3) is 3.06. The number of hydrogen-bond donors (Lipinski definition) is 1. The van der Waals surface area contributed by atoms with E-state index in [2.05, 4.69) is 11.4 Å². The van der Waals surface area contributed by atoms with Crippen molar-refractivity contribution in [2.75, 3.05) is 11.9 Å². The number of hydrogen-bond acceptors (Lipinski definition) is 3. The number of para-hydroxylation sites is 1. The van der Waals surface area contributed by atoms with E-state index in [-0.39, 0.29) is 11.9 Å². The SMILES string of the molecule is CCN(Cc1ccc(Cl)s1)C(=O)[C@@H]1Cc2ccccc2N1. The molecule has 2 aromatic rings. The van der Waals surface area contributed by atoms with E-state index >= 15 is 0 Å². The lowest BCUT2D eigenvalue weighted by Crippen LogP contribution is -2.41. The van der Waals surface area contributed by atoms with Crippen LogP contribution in [-0.4, -0.2) is 23.4 Å². The maximum Gasteiger partial charge on any atom is 0.245 e. The third-order valence-corrected chi connectivity index (χ3v) is 4.95. The standard InChI is InChI=1S/C16H17ClN2OS/c1-2-19(10-12-7-8-15(17)21-12)16(20)14-9-11-5-3-4-6-13(11)18-14/h3-8,14,18H,2,9-10H2,1H3/t14-/m0/s1. The molecule has 3 rings (SSSR count). The average Bonchev–Trinajstić information content (AvgIpc) is 3.09. The van der Waals surface area contributed by atoms with Crippen molar-refractivity contribution in [1.29, 1.82) is 0 Å². The predicted octanol–water partition coefficient (Wildman–Crippen LogP) is 3.79. The number of rotatable bonds is 4. The van der Waals surface area contributed by atoms with Crippen molar-refractivity contribution in [3.63, 3.8) is 0 Å². The van der Waals surface area contributed by atoms with Gasteiger partial charge in [0.25, 0.3) is 0 Å². The van der Waals surface area contributed by atoms with Gasteiger partial charge in [-0.05, 0) is 30.7 Å². The van der Waals surface area contributed by atoms with Crippen LogP contribution in [0.5, 0.6) is 0 Å². The summed E-state index contributed by atoms with van der Waals surface area (Å²) in [4.78, 5) is 15.7. The van der Waals surface area contributed by atoms with Gasteiger partial charge in [-0.15, -0.1) is 11.3 Å². The number of nitrogens with one attached hydrogen (secondary N) is 1. The Morgan fingerprint density at radius 1 is 1.38 bits per heavy atom. The van der Waals surface area contributed by atoms with Crippen LogP contribution in [0.2, 0.25) is 4.34 Å². The number of thiophene rings is 1. The fraction of sp³-hybridized carbons (Fsp3) is 0.312. The zero-order valence-corrected chi connectivity index (χ0v) is 13.4. The summed E-state index contributed by atoms with van der Waals surface area (Å²) in [6, 6.07) is 11.8. The van der Waals surface area contributed by atoms with Gasteiger partial charge in [-0.1, -0.05) is 29.8 Å². The number of anilines is 1. The van der Waals surface area contributed by atoms with Gasteiger partial charge in [0.2, 0.25) is 5.91 Å². The maximum atomic E-state index is 12.7. The molecule has 1 atom stereocenters. The smallest absolute Gasteiger partial charge is 0.245 e. The van der Waals surface area contributed by atoms with Crippen LogP contribution in [0, 0.1) is 0 Å². The molecule has 1 N–H and O–H groups in total. The number of halogens is 1. The lowest BCUT2D eigenvalue weighted by atomic mass is 10.1. The summed E-state index contributed by atoms with van der Waals surface area (Å²) in [5, 5.41) is 3.33. The summed E-state index contributed by atoms with van der Waals surface area (Å²) < 4.78 is 0.764. The highest BCUT2D eigenvalue weighted by atomic mass is 35.5. The zero-order chi connectivity index (χ0) is 14.8. The minimum Gasteiger partial charge on any atom is -0.373 e. The fourth-order valence-electron chi connectivity index (χ4n) is 2.64. The van der Waals surface area contributed by atoms with Gasteiger partial charge in [-0.2, -0.15) is 0 Å². The van der Waals surface area contributed by atoms with Crippen molar-refractivity contribution in [1.82, 2.24) is 4.90 Å². The summed E-state index contributed by atoms with van der Waals surface area (Å²) in [5.41, 5.74) is 2.29. The molecule has 0 aliphatic carbocycles.